The second-order valence-corrected chi connectivity index (χ2v) is 23.0. The van der Waals surface area contributed by atoms with E-state index in [0.717, 1.165) is 34.7 Å². The third kappa shape index (κ3) is 19.6. The van der Waals surface area contributed by atoms with Gasteiger partial charge in [-0.25, -0.2) is 36.0 Å². The molecule has 2 saturated heterocycles. The summed E-state index contributed by atoms with van der Waals surface area (Å²) >= 11 is 0. The van der Waals surface area contributed by atoms with Crippen molar-refractivity contribution in [1.29, 1.82) is 0 Å². The standard InChI is InChI=1S/C26H33N3O9S.C13H12N2O5S.C13H23NO5/c1-5-36-24(30)22-16-15-20(17-27(22)25(31)38-26(2,3)4)29(37-18-19-11-7-6-8-12-19)39(34,35)23-14-10-9-13-21(23)28(32)33;16-15(17)12-8-4-5-9-13(12)21(18,19)14-20-10-11-6-2-1-3-7-11;1-5-18-11(16)10-7-6-9(15)8-14(10)12(17)19-13(2,3)4/h6-14,20,22H,5,15-18H2,1-4H3;1-9,14H,10H2;9-10,15H,5-8H2,1-4H3/t20-,22+;;9-,10-/m1.0/s1. The number of rotatable bonds is 17. The van der Waals surface area contributed by atoms with Crippen LogP contribution in [-0.2, 0) is 71.5 Å². The number of ether oxygens (including phenoxy) is 4. The highest BCUT2D eigenvalue weighted by molar-refractivity contribution is 7.89. The summed E-state index contributed by atoms with van der Waals surface area (Å²) in [5.74, 6) is -1.08. The van der Waals surface area contributed by atoms with Gasteiger partial charge in [0.1, 0.15) is 23.3 Å². The zero-order chi connectivity index (χ0) is 58.7. The van der Waals surface area contributed by atoms with Crippen molar-refractivity contribution in [3.8, 4) is 0 Å². The molecule has 2 aliphatic heterocycles. The van der Waals surface area contributed by atoms with Crippen LogP contribution in [0.3, 0.4) is 0 Å². The van der Waals surface area contributed by atoms with E-state index < -0.39 is 111 Å². The Labute approximate surface area is 459 Å². The van der Waals surface area contributed by atoms with Crippen LogP contribution in [0.2, 0.25) is 0 Å². The Morgan fingerprint density at radius 2 is 1.04 bits per heavy atom. The van der Waals surface area contributed by atoms with Crippen LogP contribution in [0.25, 0.3) is 0 Å². The maximum atomic E-state index is 13.9. The number of benzene rings is 4. The number of nitrogens with zero attached hydrogens (tertiary/aromatic N) is 5. The lowest BCUT2D eigenvalue weighted by atomic mass is 9.99. The lowest BCUT2D eigenvalue weighted by Gasteiger charge is -2.41. The molecule has 2 fully saturated rings. The smallest absolute Gasteiger partial charge is 0.411 e. The first kappa shape index (κ1) is 64.4. The fraction of sp³-hybridized carbons (Fsp3) is 0.462. The maximum Gasteiger partial charge on any atom is 0.411 e. The number of hydroxylamine groups is 1. The number of hydrogen-bond acceptors (Lipinski definition) is 19. The van der Waals surface area contributed by atoms with E-state index in [4.69, 9.17) is 28.6 Å². The van der Waals surface area contributed by atoms with Crippen molar-refractivity contribution in [2.24, 2.45) is 0 Å². The molecule has 2 aliphatic rings. The van der Waals surface area contributed by atoms with E-state index in [2.05, 4.69) is 0 Å². The Hall–Kier alpha value is -7.14. The Morgan fingerprint density at radius 3 is 1.51 bits per heavy atom. The monoisotopic (exact) mass is 1140 g/mol. The van der Waals surface area contributed by atoms with Gasteiger partial charge in [-0.15, -0.1) is 0 Å². The molecule has 2 N–H and O–H groups in total. The third-order valence-corrected chi connectivity index (χ3v) is 14.2. The number of sulfonamides is 2. The quantitative estimate of drug-likeness (QED) is 0.0451. The van der Waals surface area contributed by atoms with Gasteiger partial charge in [0.05, 0.1) is 55.0 Å². The molecule has 27 heteroatoms. The lowest BCUT2D eigenvalue weighted by molar-refractivity contribution is -0.388. The molecule has 4 aromatic carbocycles. The van der Waals surface area contributed by atoms with Gasteiger partial charge < -0.3 is 24.1 Å². The first-order chi connectivity index (χ1) is 37.1. The second kappa shape index (κ2) is 29.2. The van der Waals surface area contributed by atoms with E-state index in [0.29, 0.717) is 22.9 Å². The minimum absolute atomic E-state index is 0.0146. The van der Waals surface area contributed by atoms with Crippen molar-refractivity contribution in [3.05, 3.63) is 141 Å². The molecule has 0 aliphatic carbocycles. The van der Waals surface area contributed by atoms with Gasteiger partial charge in [-0.2, -0.15) is 0 Å². The van der Waals surface area contributed by atoms with Gasteiger partial charge in [0, 0.05) is 18.7 Å². The summed E-state index contributed by atoms with van der Waals surface area (Å²) in [7, 11) is -8.72. The summed E-state index contributed by atoms with van der Waals surface area (Å²) in [6.07, 6.45) is -1.02. The number of nitro benzene ring substituents is 2. The highest BCUT2D eigenvalue weighted by atomic mass is 32.2. The van der Waals surface area contributed by atoms with Crippen LogP contribution in [0.4, 0.5) is 21.0 Å². The summed E-state index contributed by atoms with van der Waals surface area (Å²) in [4.78, 5) is 84.7. The number of β-amino-alcohol motifs (C(OH)–C–C–N with tert-alkyl or cyclic N) is 1. The van der Waals surface area contributed by atoms with Crippen LogP contribution in [-0.4, -0.2) is 132 Å². The van der Waals surface area contributed by atoms with Crippen LogP contribution >= 0.6 is 0 Å². The fourth-order valence-corrected chi connectivity index (χ4v) is 10.3. The Balaban J connectivity index is 0.000000282. The molecule has 4 atom stereocenters. The maximum absolute atomic E-state index is 13.9. The molecule has 4 aromatic rings. The van der Waals surface area contributed by atoms with E-state index in [1.54, 1.807) is 110 Å². The summed E-state index contributed by atoms with van der Waals surface area (Å²) in [5, 5.41) is 32.2. The second-order valence-electron chi connectivity index (χ2n) is 19.6. The number of likely N-dealkylation sites (tertiary alicyclic amines) is 2. The van der Waals surface area contributed by atoms with Gasteiger partial charge in [-0.1, -0.05) is 94.3 Å². The predicted molar refractivity (Wildman–Crippen MR) is 283 cm³/mol. The van der Waals surface area contributed by atoms with Gasteiger partial charge >= 0.3 is 24.1 Å². The number of hydrogen-bond donors (Lipinski definition) is 2. The molecule has 0 aromatic heterocycles. The molecule has 0 radical (unpaired) electrons. The van der Waals surface area contributed by atoms with E-state index in [-0.39, 0.29) is 52.4 Å². The van der Waals surface area contributed by atoms with E-state index in [9.17, 15) is 61.3 Å². The number of aliphatic hydroxyl groups is 1. The van der Waals surface area contributed by atoms with Gasteiger partial charge in [0.15, 0.2) is 9.79 Å². The van der Waals surface area contributed by atoms with Crippen LogP contribution < -0.4 is 4.89 Å². The van der Waals surface area contributed by atoms with E-state index >= 15 is 0 Å². The zero-order valence-corrected chi connectivity index (χ0v) is 46.8. The summed E-state index contributed by atoms with van der Waals surface area (Å²) < 4.78 is 73.3. The van der Waals surface area contributed by atoms with E-state index in [1.807, 2.05) is 11.0 Å². The number of esters is 2. The molecule has 0 saturated carbocycles. The van der Waals surface area contributed by atoms with Gasteiger partial charge in [-0.3, -0.25) is 39.7 Å². The number of carbonyl (C=O) groups is 4. The molecule has 2 heterocycles. The number of nitrogens with one attached hydrogen (secondary N) is 1. The minimum Gasteiger partial charge on any atom is -0.464 e. The molecular weight excluding hydrogens is 1080 g/mol. The summed E-state index contributed by atoms with van der Waals surface area (Å²) in [5.41, 5.74) is -1.22. The molecule has 0 unspecified atom stereocenters. The van der Waals surface area contributed by atoms with Crippen LogP contribution in [0, 0.1) is 20.2 Å². The molecule has 2 amide bonds. The first-order valence-electron chi connectivity index (χ1n) is 25.0. The summed E-state index contributed by atoms with van der Waals surface area (Å²) in [6, 6.07) is 25.1. The molecule has 6 rings (SSSR count). The normalized spacial score (nSPS) is 17.6. The Morgan fingerprint density at radius 1 is 0.620 bits per heavy atom. The molecule has 432 valence electrons. The number of para-hydroxylation sites is 2. The molecule has 0 bridgehead atoms. The van der Waals surface area contributed by atoms with Crippen molar-refractivity contribution in [1.82, 2.24) is 19.2 Å². The van der Waals surface area contributed by atoms with Crippen molar-refractivity contribution in [2.75, 3.05) is 26.3 Å². The SMILES string of the molecule is CCOC(=O)[C@@H]1CC[C@@H](N(OCc2ccccc2)S(=O)(=O)c2ccccc2[N+](=O)[O-])CN1C(=O)OC(C)(C)C.CCOC(=O)[C@@H]1CC[C@H](O)CN1C(=O)OC(C)(C)C.O=[N+]([O-])c1ccccc1S(=O)(=O)NOCc1ccccc1. The molecule has 0 spiro atoms. The van der Waals surface area contributed by atoms with Crippen LogP contribution in [0.5, 0.6) is 0 Å². The van der Waals surface area contributed by atoms with Crippen molar-refractivity contribution < 1.29 is 79.6 Å². The highest BCUT2D eigenvalue weighted by Gasteiger charge is 2.46. The van der Waals surface area contributed by atoms with Crippen molar-refractivity contribution >= 4 is 55.5 Å². The predicted octanol–water partition coefficient (Wildman–Crippen LogP) is 7.36. The number of carbonyl (C=O) groups excluding carboxylic acids is 4. The van der Waals surface area contributed by atoms with Crippen molar-refractivity contribution in [3.63, 3.8) is 0 Å². The van der Waals surface area contributed by atoms with E-state index in [1.165, 1.54) is 29.2 Å². The number of piperidine rings is 2. The van der Waals surface area contributed by atoms with Gasteiger partial charge in [0.25, 0.3) is 31.4 Å². The zero-order valence-electron chi connectivity index (χ0n) is 45.1. The Bertz CT molecular complexity index is 2920. The first-order valence-corrected chi connectivity index (χ1v) is 27.9. The molecule has 25 nitrogen and oxygen atoms in total. The fourth-order valence-electron chi connectivity index (χ4n) is 7.74. The van der Waals surface area contributed by atoms with Crippen molar-refractivity contribution in [2.45, 2.75) is 140 Å². The Kier molecular flexibility index (Phi) is 23.8. The molecule has 79 heavy (non-hydrogen) atoms. The number of aliphatic hydroxyl groups excluding tert-OH is 1. The molecular formula is C52H68N6O19S2. The topological polar surface area (TPSA) is 320 Å². The summed E-state index contributed by atoms with van der Waals surface area (Å²) in [6.45, 7) is 13.7. The average molecular weight is 1150 g/mol. The highest BCUT2D eigenvalue weighted by Crippen LogP contribution is 2.33. The third-order valence-electron chi connectivity index (χ3n) is 11.2. The number of amides is 2. The van der Waals surface area contributed by atoms with Crippen LogP contribution in [0.1, 0.15) is 92.2 Å². The minimum atomic E-state index is -4.60. The van der Waals surface area contributed by atoms with Gasteiger partial charge in [-0.05, 0) is 104 Å². The van der Waals surface area contributed by atoms with Gasteiger partial charge in [0.2, 0.25) is 0 Å². The largest absolute Gasteiger partial charge is 0.464 e. The number of nitro groups is 2. The lowest BCUT2D eigenvalue weighted by Crippen LogP contribution is -2.58. The van der Waals surface area contributed by atoms with Crippen LogP contribution in [0.15, 0.2) is 119 Å². The average Bonchev–Trinajstić information content (AvgIpc) is 3.41.